The average Bonchev–Trinajstić information content (AvgIpc) is 3.22. The van der Waals surface area contributed by atoms with Gasteiger partial charge in [-0.3, -0.25) is 14.2 Å². The Morgan fingerprint density at radius 1 is 1.18 bits per heavy atom. The third kappa shape index (κ3) is 5.03. The van der Waals surface area contributed by atoms with Crippen molar-refractivity contribution in [3.63, 3.8) is 0 Å². The number of ketones is 1. The highest BCUT2D eigenvalue weighted by Crippen LogP contribution is 2.27. The van der Waals surface area contributed by atoms with Crippen molar-refractivity contribution in [3.05, 3.63) is 79.6 Å². The van der Waals surface area contributed by atoms with Gasteiger partial charge >= 0.3 is 0 Å². The molecular formula is C22H17BrClN3O4S2. The highest BCUT2D eigenvalue weighted by molar-refractivity contribution is 9.10. The molecule has 0 unspecified atom stereocenters. The fraction of sp³-hybridized carbons (Fsp3) is 0.136. The molecule has 0 atom stereocenters. The molecular weight excluding hydrogens is 550 g/mol. The van der Waals surface area contributed by atoms with Crippen LogP contribution < -0.4 is 10.9 Å². The van der Waals surface area contributed by atoms with E-state index in [1.165, 1.54) is 23.0 Å². The van der Waals surface area contributed by atoms with Crippen LogP contribution in [-0.2, 0) is 21.1 Å². The topological polar surface area (TPSA) is 98.1 Å². The Balaban J connectivity index is 1.54. The van der Waals surface area contributed by atoms with Gasteiger partial charge in [-0.1, -0.05) is 23.7 Å². The lowest BCUT2D eigenvalue weighted by atomic mass is 10.1. The number of halogens is 2. The third-order valence-corrected chi connectivity index (χ3v) is 9.08. The van der Waals surface area contributed by atoms with Gasteiger partial charge in [0.15, 0.2) is 15.6 Å². The molecule has 2 aromatic heterocycles. The number of sulfone groups is 1. The fourth-order valence-electron chi connectivity index (χ4n) is 3.32. The smallest absolute Gasteiger partial charge is 0.265 e. The van der Waals surface area contributed by atoms with E-state index in [1.54, 1.807) is 43.4 Å². The summed E-state index contributed by atoms with van der Waals surface area (Å²) in [5, 5.41) is 3.49. The van der Waals surface area contributed by atoms with Crippen molar-refractivity contribution in [1.82, 2.24) is 9.55 Å². The lowest BCUT2D eigenvalue weighted by Crippen LogP contribution is -2.19. The van der Waals surface area contributed by atoms with E-state index in [9.17, 15) is 18.0 Å². The molecule has 33 heavy (non-hydrogen) atoms. The molecule has 4 rings (SSSR count). The number of anilines is 1. The predicted octanol–water partition coefficient (Wildman–Crippen LogP) is 4.49. The van der Waals surface area contributed by atoms with E-state index in [2.05, 4.69) is 26.2 Å². The van der Waals surface area contributed by atoms with Gasteiger partial charge in [-0.2, -0.15) is 0 Å². The number of Topliss-reactive ketones (excluding diaryl/α,β-unsaturated/α-hetero) is 1. The molecule has 0 saturated heterocycles. The van der Waals surface area contributed by atoms with E-state index in [1.807, 2.05) is 0 Å². The number of fused-ring (bicyclic) bond motifs is 1. The van der Waals surface area contributed by atoms with Gasteiger partial charge < -0.3 is 5.32 Å². The van der Waals surface area contributed by atoms with Crippen LogP contribution in [0.5, 0.6) is 0 Å². The molecule has 0 amide bonds. The maximum absolute atomic E-state index is 13.0. The summed E-state index contributed by atoms with van der Waals surface area (Å²) in [6, 6.07) is 13.2. The van der Waals surface area contributed by atoms with Crippen LogP contribution in [0.25, 0.3) is 16.6 Å². The zero-order chi connectivity index (χ0) is 23.8. The van der Waals surface area contributed by atoms with Crippen LogP contribution in [-0.4, -0.2) is 36.6 Å². The molecule has 2 heterocycles. The Morgan fingerprint density at radius 2 is 1.91 bits per heavy atom. The second kappa shape index (κ2) is 9.38. The quantitative estimate of drug-likeness (QED) is 0.354. The summed E-state index contributed by atoms with van der Waals surface area (Å²) >= 11 is 10.2. The number of benzene rings is 2. The second-order valence-corrected chi connectivity index (χ2v) is 12.0. The van der Waals surface area contributed by atoms with E-state index in [0.717, 1.165) is 21.5 Å². The van der Waals surface area contributed by atoms with Gasteiger partial charge in [-0.05, 0) is 57.9 Å². The van der Waals surface area contributed by atoms with Crippen molar-refractivity contribution >= 4 is 71.1 Å². The maximum Gasteiger partial charge on any atom is 0.265 e. The van der Waals surface area contributed by atoms with Crippen molar-refractivity contribution in [2.45, 2.75) is 10.6 Å². The molecule has 0 aliphatic heterocycles. The van der Waals surface area contributed by atoms with Gasteiger partial charge in [-0.15, -0.1) is 11.3 Å². The zero-order valence-corrected chi connectivity index (χ0v) is 21.2. The molecule has 0 aliphatic carbocycles. The monoisotopic (exact) mass is 565 g/mol. The summed E-state index contributed by atoms with van der Waals surface area (Å²) in [5.41, 5.74) is 2.39. The van der Waals surface area contributed by atoms with Crippen LogP contribution in [0.2, 0.25) is 4.34 Å². The van der Waals surface area contributed by atoms with E-state index in [4.69, 9.17) is 11.6 Å². The Labute approximate surface area is 207 Å². The first-order chi connectivity index (χ1) is 15.7. The Kier molecular flexibility index (Phi) is 6.71. The molecule has 2 aromatic carbocycles. The lowest BCUT2D eigenvalue weighted by Gasteiger charge is -2.10. The first-order valence-corrected chi connectivity index (χ1v) is 13.3. The molecule has 4 aromatic rings. The zero-order valence-electron chi connectivity index (χ0n) is 17.2. The molecule has 11 heteroatoms. The molecule has 0 radical (unpaired) electrons. The molecule has 0 bridgehead atoms. The number of carbonyl (C=O) groups excluding carboxylic acids is 1. The van der Waals surface area contributed by atoms with Gasteiger partial charge in [0.05, 0.1) is 26.6 Å². The Morgan fingerprint density at radius 3 is 2.55 bits per heavy atom. The first-order valence-electron chi connectivity index (χ1n) is 9.66. The van der Waals surface area contributed by atoms with Crippen molar-refractivity contribution in [1.29, 1.82) is 0 Å². The average molecular weight is 567 g/mol. The predicted molar refractivity (Wildman–Crippen MR) is 135 cm³/mol. The normalized spacial score (nSPS) is 11.6. The van der Waals surface area contributed by atoms with Crippen LogP contribution in [0.3, 0.4) is 0 Å². The number of nitrogens with one attached hydrogen (secondary N) is 1. The minimum atomic E-state index is -3.72. The fourth-order valence-corrected chi connectivity index (χ4v) is 6.67. The number of carbonyl (C=O) groups is 1. The summed E-state index contributed by atoms with van der Waals surface area (Å²) in [6.45, 7) is 0. The Bertz CT molecular complexity index is 1530. The number of aromatic nitrogens is 2. The molecule has 170 valence electrons. The number of nitrogens with zero attached hydrogens (tertiary/aromatic N) is 2. The van der Waals surface area contributed by atoms with E-state index in [0.29, 0.717) is 26.5 Å². The van der Waals surface area contributed by atoms with E-state index in [-0.39, 0.29) is 16.2 Å². The molecule has 0 fully saturated rings. The number of rotatable bonds is 7. The molecule has 0 aliphatic rings. The van der Waals surface area contributed by atoms with Gasteiger partial charge in [-0.25, -0.2) is 13.4 Å². The number of hydrogen-bond acceptors (Lipinski definition) is 7. The molecule has 7 nitrogen and oxygen atoms in total. The van der Waals surface area contributed by atoms with Crippen molar-refractivity contribution in [3.8, 4) is 5.69 Å². The first kappa shape index (κ1) is 23.6. The van der Waals surface area contributed by atoms with Gasteiger partial charge in [0.2, 0.25) is 0 Å². The standard InChI is InChI=1S/C22H17BrClN3O4S2/c1-25-19-10-18-16(9-17(19)23)22(29)27(12-26-18)14-4-2-13(3-5-14)8-15(28)11-33(30,31)21-7-6-20(24)32-21/h2-7,9-10,12,25H,8,11H2,1H3. The summed E-state index contributed by atoms with van der Waals surface area (Å²) in [4.78, 5) is 29.7. The molecule has 1 N–H and O–H groups in total. The highest BCUT2D eigenvalue weighted by atomic mass is 79.9. The van der Waals surface area contributed by atoms with Crippen molar-refractivity contribution in [2.75, 3.05) is 18.1 Å². The van der Waals surface area contributed by atoms with Crippen molar-refractivity contribution < 1.29 is 13.2 Å². The summed E-state index contributed by atoms with van der Waals surface area (Å²) < 4.78 is 27.3. The SMILES string of the molecule is CNc1cc2ncn(-c3ccc(CC(=O)CS(=O)(=O)c4ccc(Cl)s4)cc3)c(=O)c2cc1Br. The molecule has 0 spiro atoms. The number of hydrogen-bond donors (Lipinski definition) is 1. The summed E-state index contributed by atoms with van der Waals surface area (Å²) in [7, 11) is -1.94. The van der Waals surface area contributed by atoms with Gasteiger partial charge in [0.25, 0.3) is 5.56 Å². The number of thiophene rings is 1. The van der Waals surface area contributed by atoms with Crippen LogP contribution in [0.4, 0.5) is 5.69 Å². The van der Waals surface area contributed by atoms with Gasteiger partial charge in [0.1, 0.15) is 16.3 Å². The largest absolute Gasteiger partial charge is 0.387 e. The minimum absolute atomic E-state index is 0.0385. The Hall–Kier alpha value is -2.53. The highest BCUT2D eigenvalue weighted by Gasteiger charge is 2.21. The summed E-state index contributed by atoms with van der Waals surface area (Å²) in [5.74, 6) is -1.02. The van der Waals surface area contributed by atoms with Crippen LogP contribution in [0.15, 0.2) is 68.3 Å². The van der Waals surface area contributed by atoms with Gasteiger partial charge in [0, 0.05) is 17.9 Å². The molecule has 0 saturated carbocycles. The van der Waals surface area contributed by atoms with Crippen molar-refractivity contribution in [2.24, 2.45) is 0 Å². The van der Waals surface area contributed by atoms with E-state index < -0.39 is 21.4 Å². The second-order valence-electron chi connectivity index (χ2n) is 7.22. The maximum atomic E-state index is 13.0. The third-order valence-electron chi connectivity index (χ3n) is 4.94. The lowest BCUT2D eigenvalue weighted by molar-refractivity contribution is -0.116. The minimum Gasteiger partial charge on any atom is -0.387 e. The van der Waals surface area contributed by atoms with Crippen LogP contribution >= 0.6 is 38.9 Å². The van der Waals surface area contributed by atoms with Crippen LogP contribution in [0.1, 0.15) is 5.56 Å². The summed E-state index contributed by atoms with van der Waals surface area (Å²) in [6.07, 6.45) is 1.42. The van der Waals surface area contributed by atoms with E-state index >= 15 is 0 Å². The van der Waals surface area contributed by atoms with Crippen LogP contribution in [0, 0.1) is 0 Å².